The molecule has 2 atom stereocenters. The first-order valence-corrected chi connectivity index (χ1v) is 25.3. The number of fused-ring (bicyclic) bond motifs is 3. The molecule has 12 bridgehead atoms. The Bertz CT molecular complexity index is 1930. The number of benzene rings is 2. The second-order valence-corrected chi connectivity index (χ2v) is 25.7. The Balaban J connectivity index is 0.938. The summed E-state index contributed by atoms with van der Waals surface area (Å²) in [6.07, 6.45) is 32.9. The highest BCUT2D eigenvalue weighted by Crippen LogP contribution is 2.72. The molecule has 300 valence electrons. The predicted octanol–water partition coefficient (Wildman–Crippen LogP) is 14.9. The molecular weight excluding hydrogens is 685 g/mol. The zero-order valence-electron chi connectivity index (χ0n) is 36.2. The fourth-order valence-corrected chi connectivity index (χ4v) is 21.0. The topological polar surface area (TPSA) is 0 Å². The zero-order chi connectivity index (χ0) is 37.8. The molecule has 0 nitrogen and oxygen atoms in total. The minimum absolute atomic E-state index is 0.165. The highest BCUT2D eigenvalue weighted by Gasteiger charge is 2.60. The molecule has 15 aliphatic rings. The van der Waals surface area contributed by atoms with Gasteiger partial charge in [0.2, 0.25) is 0 Å². The first-order chi connectivity index (χ1) is 27.6. The zero-order valence-corrected chi connectivity index (χ0v) is 36.2. The third-order valence-electron chi connectivity index (χ3n) is 21.9. The summed E-state index contributed by atoms with van der Waals surface area (Å²) >= 11 is 0. The third-order valence-corrected chi connectivity index (χ3v) is 21.9. The Kier molecular flexibility index (Phi) is 6.94. The number of allylic oxidation sites excluding steroid dienone is 4. The molecule has 0 aliphatic heterocycles. The van der Waals surface area contributed by atoms with Crippen molar-refractivity contribution >= 4 is 0 Å². The minimum Gasteiger partial charge on any atom is -0.0622 e. The van der Waals surface area contributed by atoms with Crippen LogP contribution in [0.15, 0.2) is 59.2 Å². The fraction of sp³-hybridized carbons (Fsp3) is 0.719. The molecular formula is C57H72. The monoisotopic (exact) mass is 757 g/mol. The van der Waals surface area contributed by atoms with Crippen LogP contribution in [-0.4, -0.2) is 0 Å². The van der Waals surface area contributed by atoms with Crippen molar-refractivity contribution < 1.29 is 0 Å². The molecule has 2 unspecified atom stereocenters. The van der Waals surface area contributed by atoms with Crippen molar-refractivity contribution in [2.75, 3.05) is 0 Å². The van der Waals surface area contributed by atoms with E-state index in [0.29, 0.717) is 34.0 Å². The van der Waals surface area contributed by atoms with Crippen molar-refractivity contribution in [2.24, 2.45) is 81.8 Å². The normalized spacial score (nSPS) is 48.8. The molecule has 12 fully saturated rings. The van der Waals surface area contributed by atoms with Crippen LogP contribution in [0.2, 0.25) is 0 Å². The lowest BCUT2D eigenvalue weighted by Crippen LogP contribution is -2.48. The molecule has 0 spiro atoms. The van der Waals surface area contributed by atoms with Gasteiger partial charge in [-0.2, -0.15) is 0 Å². The molecule has 17 rings (SSSR count). The van der Waals surface area contributed by atoms with Gasteiger partial charge in [-0.1, -0.05) is 81.3 Å². The van der Waals surface area contributed by atoms with Gasteiger partial charge < -0.3 is 0 Å². The SMILES string of the molecule is CC(C)C1CC(C(C)C)(C2c3ccc(C45CC6CC(CC(C6)C4)C5)cc3-c3cc(C45CC6CC(CC(C6)C4)C5)ccc32)C2=C1CC(C13CC4CC(CC(C4)C1)C3)=C2. The van der Waals surface area contributed by atoms with E-state index in [1.807, 2.05) is 16.7 Å². The van der Waals surface area contributed by atoms with Crippen molar-refractivity contribution in [2.45, 2.75) is 173 Å². The number of hydrogen-bond donors (Lipinski definition) is 0. The van der Waals surface area contributed by atoms with E-state index in [1.165, 1.54) is 109 Å². The largest absolute Gasteiger partial charge is 0.0622 e. The van der Waals surface area contributed by atoms with Crippen molar-refractivity contribution in [3.8, 4) is 11.1 Å². The fourth-order valence-electron chi connectivity index (χ4n) is 21.0. The van der Waals surface area contributed by atoms with Crippen LogP contribution in [0.3, 0.4) is 0 Å². The van der Waals surface area contributed by atoms with Gasteiger partial charge in [0.25, 0.3) is 0 Å². The second kappa shape index (κ2) is 11.4. The molecule has 0 amide bonds. The molecule has 0 aromatic heterocycles. The van der Waals surface area contributed by atoms with E-state index in [0.717, 1.165) is 59.2 Å². The maximum atomic E-state index is 2.98. The first-order valence-electron chi connectivity index (χ1n) is 25.3. The summed E-state index contributed by atoms with van der Waals surface area (Å²) in [5.74, 6) is 11.5. The standard InChI is InChI=1S/C57H72/c1-32(2)51-31-57(33(3)4,52-21-45(20-50(51)52)56-28-40-15-41(29-56)17-42(16-40)30-56)53-46-7-5-43(54-22-34-9-35(23-54)11-36(10-34)24-54)18-48(46)49-19-44(6-8-47(49)53)55-25-37-12-38(26-55)14-39(13-37)27-55/h5-8,18-19,21,32-42,51,53H,9-17,20,22-31H2,1-4H3. The minimum atomic E-state index is 0.165. The smallest absolute Gasteiger partial charge is 0.0201 e. The van der Waals surface area contributed by atoms with Gasteiger partial charge in [-0.3, -0.25) is 0 Å². The molecule has 2 aromatic carbocycles. The average Bonchev–Trinajstić information content (AvgIpc) is 3.83. The van der Waals surface area contributed by atoms with Crippen LogP contribution in [-0.2, 0) is 10.8 Å². The summed E-state index contributed by atoms with van der Waals surface area (Å²) in [6, 6.07) is 16.8. The van der Waals surface area contributed by atoms with Gasteiger partial charge in [0, 0.05) is 11.3 Å². The van der Waals surface area contributed by atoms with Crippen LogP contribution in [0.5, 0.6) is 0 Å². The summed E-state index contributed by atoms with van der Waals surface area (Å²) in [5, 5.41) is 0. The van der Waals surface area contributed by atoms with E-state index in [1.54, 1.807) is 52.6 Å². The molecule has 0 radical (unpaired) electrons. The Morgan fingerprint density at radius 1 is 0.474 bits per heavy atom. The van der Waals surface area contributed by atoms with E-state index < -0.39 is 0 Å². The maximum absolute atomic E-state index is 2.98. The Morgan fingerprint density at radius 3 is 1.23 bits per heavy atom. The summed E-state index contributed by atoms with van der Waals surface area (Å²) in [7, 11) is 0. The quantitative estimate of drug-likeness (QED) is 0.275. The lowest BCUT2D eigenvalue weighted by molar-refractivity contribution is -0.0315. The van der Waals surface area contributed by atoms with Crippen LogP contribution < -0.4 is 0 Å². The van der Waals surface area contributed by atoms with E-state index in [2.05, 4.69) is 70.2 Å². The number of hydrogen-bond acceptors (Lipinski definition) is 0. The molecule has 0 heteroatoms. The third kappa shape index (κ3) is 4.59. The second-order valence-electron chi connectivity index (χ2n) is 25.7. The van der Waals surface area contributed by atoms with Gasteiger partial charge in [0.05, 0.1) is 0 Å². The highest BCUT2D eigenvalue weighted by atomic mass is 14.6. The molecule has 0 heterocycles. The maximum Gasteiger partial charge on any atom is 0.0201 e. The first kappa shape index (κ1) is 34.6. The molecule has 0 N–H and O–H groups in total. The van der Waals surface area contributed by atoms with Crippen LogP contribution in [0.1, 0.15) is 184 Å². The van der Waals surface area contributed by atoms with Crippen molar-refractivity contribution in [3.05, 3.63) is 81.4 Å². The van der Waals surface area contributed by atoms with E-state index in [-0.39, 0.29) is 5.41 Å². The van der Waals surface area contributed by atoms with E-state index in [4.69, 9.17) is 0 Å². The predicted molar refractivity (Wildman–Crippen MR) is 234 cm³/mol. The Morgan fingerprint density at radius 2 is 0.860 bits per heavy atom. The lowest BCUT2D eigenvalue weighted by atomic mass is 9.47. The van der Waals surface area contributed by atoms with Crippen LogP contribution in [0.4, 0.5) is 0 Å². The van der Waals surface area contributed by atoms with Gasteiger partial charge >= 0.3 is 0 Å². The summed E-state index contributed by atoms with van der Waals surface area (Å²) in [5.41, 5.74) is 17.6. The van der Waals surface area contributed by atoms with E-state index in [9.17, 15) is 0 Å². The van der Waals surface area contributed by atoms with Crippen LogP contribution in [0, 0.1) is 81.8 Å². The Hall–Kier alpha value is -2.08. The van der Waals surface area contributed by atoms with Gasteiger partial charge in [-0.25, -0.2) is 0 Å². The van der Waals surface area contributed by atoms with Crippen molar-refractivity contribution in [1.82, 2.24) is 0 Å². The molecule has 57 heavy (non-hydrogen) atoms. The average molecular weight is 757 g/mol. The number of rotatable bonds is 6. The Labute approximate surface area is 345 Å². The molecule has 2 aromatic rings. The van der Waals surface area contributed by atoms with Crippen molar-refractivity contribution in [1.29, 1.82) is 0 Å². The van der Waals surface area contributed by atoms with Crippen LogP contribution >= 0.6 is 0 Å². The highest BCUT2D eigenvalue weighted by molar-refractivity contribution is 5.82. The van der Waals surface area contributed by atoms with Gasteiger partial charge in [-0.05, 0) is 255 Å². The van der Waals surface area contributed by atoms with Gasteiger partial charge in [-0.15, -0.1) is 0 Å². The lowest BCUT2D eigenvalue weighted by Gasteiger charge is -2.58. The molecule has 15 aliphatic carbocycles. The summed E-state index contributed by atoms with van der Waals surface area (Å²) in [6.45, 7) is 10.5. The van der Waals surface area contributed by atoms with Gasteiger partial charge in [0.1, 0.15) is 0 Å². The molecule has 12 saturated carbocycles. The van der Waals surface area contributed by atoms with Crippen molar-refractivity contribution in [3.63, 3.8) is 0 Å². The summed E-state index contributed by atoms with van der Waals surface area (Å²) < 4.78 is 0. The van der Waals surface area contributed by atoms with Crippen LogP contribution in [0.25, 0.3) is 11.1 Å². The van der Waals surface area contributed by atoms with Gasteiger partial charge in [0.15, 0.2) is 0 Å². The summed E-state index contributed by atoms with van der Waals surface area (Å²) in [4.78, 5) is 0. The molecule has 0 saturated heterocycles. The van der Waals surface area contributed by atoms with E-state index >= 15 is 0 Å².